The molecule has 26 heavy (non-hydrogen) atoms. The summed E-state index contributed by atoms with van der Waals surface area (Å²) in [6, 6.07) is 16.4. The minimum atomic E-state index is -3.45. The smallest absolute Gasteiger partial charge is 0.253 e. The minimum absolute atomic E-state index is 0.00779. The lowest BCUT2D eigenvalue weighted by Crippen LogP contribution is -2.26. The first-order valence-corrected chi connectivity index (χ1v) is 10.3. The average Bonchev–Trinajstić information content (AvgIpc) is 2.61. The average molecular weight is 376 g/mol. The summed E-state index contributed by atoms with van der Waals surface area (Å²) < 4.78 is 30.9. The summed E-state index contributed by atoms with van der Waals surface area (Å²) in [5.41, 5.74) is 1.66. The highest BCUT2D eigenvalue weighted by atomic mass is 32.2. The number of carbonyl (C=O) groups is 1. The van der Waals surface area contributed by atoms with Gasteiger partial charge < -0.3 is 10.1 Å². The molecule has 2 aromatic carbocycles. The number of benzene rings is 2. The number of nitrogens with one attached hydrogen (secondary N) is 2. The second-order valence-electron chi connectivity index (χ2n) is 5.95. The fourth-order valence-corrected chi connectivity index (χ4v) is 3.00. The predicted molar refractivity (Wildman–Crippen MR) is 103 cm³/mol. The van der Waals surface area contributed by atoms with Crippen LogP contribution in [0, 0.1) is 0 Å². The van der Waals surface area contributed by atoms with E-state index in [0.29, 0.717) is 19.6 Å². The standard InChI is InChI=1S/C19H24N2O4S/c1-15(16-9-4-3-5-10-16)25-14-8-13-20-19(22)17-11-6-7-12-18(17)21-26(2,23)24/h3-7,9-12,15,21H,8,13-14H2,1-2H3,(H,20,22). The van der Waals surface area contributed by atoms with Gasteiger partial charge in [0.15, 0.2) is 0 Å². The van der Waals surface area contributed by atoms with Gasteiger partial charge >= 0.3 is 0 Å². The molecule has 0 aliphatic rings. The summed E-state index contributed by atoms with van der Waals surface area (Å²) in [6.45, 7) is 2.94. The molecular formula is C19H24N2O4S. The Balaban J connectivity index is 1.79. The van der Waals surface area contributed by atoms with E-state index < -0.39 is 10.0 Å². The molecular weight excluding hydrogens is 352 g/mol. The second-order valence-corrected chi connectivity index (χ2v) is 7.70. The zero-order valence-corrected chi connectivity index (χ0v) is 15.8. The van der Waals surface area contributed by atoms with Crippen LogP contribution in [0.15, 0.2) is 54.6 Å². The third-order valence-electron chi connectivity index (χ3n) is 3.71. The van der Waals surface area contributed by atoms with Crippen molar-refractivity contribution in [3.05, 3.63) is 65.7 Å². The van der Waals surface area contributed by atoms with Crippen LogP contribution in [-0.4, -0.2) is 33.7 Å². The Morgan fingerprint density at radius 1 is 1.08 bits per heavy atom. The first kappa shape index (κ1) is 19.9. The van der Waals surface area contributed by atoms with Crippen molar-refractivity contribution in [1.82, 2.24) is 5.32 Å². The quantitative estimate of drug-likeness (QED) is 0.659. The lowest BCUT2D eigenvalue weighted by Gasteiger charge is -2.14. The third kappa shape index (κ3) is 6.50. The number of hydrogen-bond acceptors (Lipinski definition) is 4. The maximum atomic E-state index is 12.3. The van der Waals surface area contributed by atoms with Gasteiger partial charge in [-0.05, 0) is 31.0 Å². The number of hydrogen-bond donors (Lipinski definition) is 2. The summed E-state index contributed by atoms with van der Waals surface area (Å²) in [4.78, 5) is 12.3. The second kappa shape index (κ2) is 9.35. The summed E-state index contributed by atoms with van der Waals surface area (Å²) in [5.74, 6) is -0.326. The summed E-state index contributed by atoms with van der Waals surface area (Å²) in [6.07, 6.45) is 1.70. The SMILES string of the molecule is CC(OCCCNC(=O)c1ccccc1NS(C)(=O)=O)c1ccccc1. The van der Waals surface area contributed by atoms with Crippen molar-refractivity contribution in [2.45, 2.75) is 19.4 Å². The van der Waals surface area contributed by atoms with Gasteiger partial charge in [-0.2, -0.15) is 0 Å². The Kier molecular flexibility index (Phi) is 7.17. The summed E-state index contributed by atoms with van der Waals surface area (Å²) >= 11 is 0. The van der Waals surface area contributed by atoms with Gasteiger partial charge in [0.1, 0.15) is 0 Å². The molecule has 0 heterocycles. The van der Waals surface area contributed by atoms with Crippen LogP contribution < -0.4 is 10.0 Å². The summed E-state index contributed by atoms with van der Waals surface area (Å²) in [5, 5.41) is 2.78. The molecule has 0 bridgehead atoms. The van der Waals surface area contributed by atoms with Gasteiger partial charge in [-0.1, -0.05) is 42.5 Å². The molecule has 7 heteroatoms. The van der Waals surface area contributed by atoms with Crippen LogP contribution in [0.25, 0.3) is 0 Å². The third-order valence-corrected chi connectivity index (χ3v) is 4.30. The van der Waals surface area contributed by atoms with E-state index in [9.17, 15) is 13.2 Å². The fraction of sp³-hybridized carbons (Fsp3) is 0.316. The van der Waals surface area contributed by atoms with Crippen molar-refractivity contribution in [3.63, 3.8) is 0 Å². The van der Waals surface area contributed by atoms with E-state index in [1.807, 2.05) is 37.3 Å². The van der Waals surface area contributed by atoms with Crippen molar-refractivity contribution >= 4 is 21.6 Å². The van der Waals surface area contributed by atoms with E-state index in [2.05, 4.69) is 10.0 Å². The number of sulfonamides is 1. The van der Waals surface area contributed by atoms with Crippen LogP contribution in [-0.2, 0) is 14.8 Å². The highest BCUT2D eigenvalue weighted by Gasteiger charge is 2.13. The lowest BCUT2D eigenvalue weighted by molar-refractivity contribution is 0.0635. The van der Waals surface area contributed by atoms with Gasteiger partial charge in [0.25, 0.3) is 5.91 Å². The monoisotopic (exact) mass is 376 g/mol. The first-order valence-electron chi connectivity index (χ1n) is 8.38. The molecule has 0 spiro atoms. The number of para-hydroxylation sites is 1. The molecule has 2 aromatic rings. The predicted octanol–water partition coefficient (Wildman–Crippen LogP) is 2.96. The Bertz CT molecular complexity index is 822. The van der Waals surface area contributed by atoms with Gasteiger partial charge in [-0.25, -0.2) is 8.42 Å². The molecule has 140 valence electrons. The van der Waals surface area contributed by atoms with E-state index >= 15 is 0 Å². The van der Waals surface area contributed by atoms with E-state index in [1.54, 1.807) is 24.3 Å². The van der Waals surface area contributed by atoms with Gasteiger partial charge in [-0.3, -0.25) is 9.52 Å². The molecule has 1 amide bonds. The highest BCUT2D eigenvalue weighted by Crippen LogP contribution is 2.17. The Morgan fingerprint density at radius 3 is 2.42 bits per heavy atom. The van der Waals surface area contributed by atoms with Gasteiger partial charge in [-0.15, -0.1) is 0 Å². The molecule has 0 radical (unpaired) electrons. The van der Waals surface area contributed by atoms with E-state index in [1.165, 1.54) is 0 Å². The Labute approximate surface area is 154 Å². The molecule has 0 fully saturated rings. The first-order chi connectivity index (χ1) is 12.4. The molecule has 2 rings (SSSR count). The Hall–Kier alpha value is -2.38. The minimum Gasteiger partial charge on any atom is -0.374 e. The topological polar surface area (TPSA) is 84.5 Å². The van der Waals surface area contributed by atoms with Crippen LogP contribution in [0.1, 0.15) is 35.4 Å². The maximum Gasteiger partial charge on any atom is 0.253 e. The molecule has 0 saturated heterocycles. The molecule has 0 aliphatic heterocycles. The van der Waals surface area contributed by atoms with E-state index in [-0.39, 0.29) is 23.3 Å². The zero-order chi connectivity index (χ0) is 19.0. The number of carbonyl (C=O) groups excluding carboxylic acids is 1. The summed E-state index contributed by atoms with van der Waals surface area (Å²) in [7, 11) is -3.45. The molecule has 2 N–H and O–H groups in total. The number of rotatable bonds is 9. The van der Waals surface area contributed by atoms with Crippen LogP contribution in [0.3, 0.4) is 0 Å². The zero-order valence-electron chi connectivity index (χ0n) is 14.9. The number of ether oxygens (including phenoxy) is 1. The molecule has 1 unspecified atom stereocenters. The van der Waals surface area contributed by atoms with Crippen LogP contribution in [0.5, 0.6) is 0 Å². The fourth-order valence-electron chi connectivity index (χ4n) is 2.42. The molecule has 0 aromatic heterocycles. The van der Waals surface area contributed by atoms with Crippen molar-refractivity contribution in [2.75, 3.05) is 24.1 Å². The maximum absolute atomic E-state index is 12.3. The number of anilines is 1. The van der Waals surface area contributed by atoms with E-state index in [4.69, 9.17) is 4.74 Å². The normalized spacial score (nSPS) is 12.4. The van der Waals surface area contributed by atoms with Crippen LogP contribution in [0.4, 0.5) is 5.69 Å². The van der Waals surface area contributed by atoms with Crippen LogP contribution >= 0.6 is 0 Å². The molecule has 1 atom stereocenters. The van der Waals surface area contributed by atoms with Gasteiger partial charge in [0.05, 0.1) is 23.6 Å². The van der Waals surface area contributed by atoms with Crippen molar-refractivity contribution in [2.24, 2.45) is 0 Å². The van der Waals surface area contributed by atoms with E-state index in [0.717, 1.165) is 11.8 Å². The van der Waals surface area contributed by atoms with Crippen molar-refractivity contribution in [1.29, 1.82) is 0 Å². The van der Waals surface area contributed by atoms with Gasteiger partial charge in [0, 0.05) is 13.2 Å². The number of amides is 1. The van der Waals surface area contributed by atoms with Crippen molar-refractivity contribution < 1.29 is 17.9 Å². The molecule has 0 saturated carbocycles. The molecule has 0 aliphatic carbocycles. The molecule has 6 nitrogen and oxygen atoms in total. The van der Waals surface area contributed by atoms with Crippen LogP contribution in [0.2, 0.25) is 0 Å². The van der Waals surface area contributed by atoms with Crippen molar-refractivity contribution in [3.8, 4) is 0 Å². The Morgan fingerprint density at radius 2 is 1.73 bits per heavy atom. The highest BCUT2D eigenvalue weighted by molar-refractivity contribution is 7.92. The largest absolute Gasteiger partial charge is 0.374 e. The van der Waals surface area contributed by atoms with Gasteiger partial charge in [0.2, 0.25) is 10.0 Å². The lowest BCUT2D eigenvalue weighted by atomic mass is 10.1.